The second-order valence-electron chi connectivity index (χ2n) is 4.86. The fourth-order valence-corrected chi connectivity index (χ4v) is 2.61. The van der Waals surface area contributed by atoms with E-state index in [1.807, 2.05) is 18.2 Å². The largest absolute Gasteiger partial charge is 0.496 e. The Morgan fingerprint density at radius 1 is 1.00 bits per heavy atom. The molecule has 1 unspecified atom stereocenters. The molecule has 19 heavy (non-hydrogen) atoms. The van der Waals surface area contributed by atoms with Gasteiger partial charge in [-0.05, 0) is 30.9 Å². The Morgan fingerprint density at radius 2 is 1.47 bits per heavy atom. The molecule has 108 valence electrons. The molecule has 1 atom stereocenters. The third kappa shape index (κ3) is 3.87. The molecule has 1 rings (SSSR count). The molecule has 0 amide bonds. The summed E-state index contributed by atoms with van der Waals surface area (Å²) >= 11 is 0. The van der Waals surface area contributed by atoms with E-state index in [2.05, 4.69) is 13.8 Å². The van der Waals surface area contributed by atoms with Gasteiger partial charge in [0.15, 0.2) is 0 Å². The van der Waals surface area contributed by atoms with Crippen LogP contribution in [0.15, 0.2) is 18.2 Å². The second kappa shape index (κ2) is 8.05. The Balaban J connectivity index is 3.10. The predicted molar refractivity (Wildman–Crippen MR) is 77.8 cm³/mol. The summed E-state index contributed by atoms with van der Waals surface area (Å²) in [7, 11) is 3.25. The number of aliphatic hydroxyl groups excluding tert-OH is 1. The third-order valence-corrected chi connectivity index (χ3v) is 3.53. The third-order valence-electron chi connectivity index (χ3n) is 3.53. The van der Waals surface area contributed by atoms with Crippen LogP contribution < -0.4 is 9.47 Å². The summed E-state index contributed by atoms with van der Waals surface area (Å²) in [5, 5.41) is 10.7. The quantitative estimate of drug-likeness (QED) is 0.774. The van der Waals surface area contributed by atoms with Crippen LogP contribution in [0.4, 0.5) is 0 Å². The Labute approximate surface area is 116 Å². The first-order valence-electron chi connectivity index (χ1n) is 7.08. The number of ether oxygens (including phenoxy) is 2. The van der Waals surface area contributed by atoms with E-state index in [9.17, 15) is 5.11 Å². The lowest BCUT2D eigenvalue weighted by Crippen LogP contribution is -2.14. The number of benzene rings is 1. The molecule has 3 nitrogen and oxygen atoms in total. The van der Waals surface area contributed by atoms with Gasteiger partial charge in [-0.1, -0.05) is 32.8 Å². The molecule has 0 spiro atoms. The first kappa shape index (κ1) is 15.8. The fraction of sp³-hybridized carbons (Fsp3) is 0.625. The van der Waals surface area contributed by atoms with Crippen molar-refractivity contribution in [3.8, 4) is 11.5 Å². The molecule has 0 bridgehead atoms. The Bertz CT molecular complexity index is 348. The summed E-state index contributed by atoms with van der Waals surface area (Å²) in [5.74, 6) is 1.65. The lowest BCUT2D eigenvalue weighted by molar-refractivity contribution is 0.0910. The number of aliphatic hydroxyl groups is 1. The van der Waals surface area contributed by atoms with Crippen LogP contribution in [0.1, 0.15) is 51.2 Å². The van der Waals surface area contributed by atoms with Crippen LogP contribution in [0.5, 0.6) is 11.5 Å². The molecule has 0 aromatic heterocycles. The van der Waals surface area contributed by atoms with Crippen LogP contribution in [0.25, 0.3) is 0 Å². The van der Waals surface area contributed by atoms with Crippen molar-refractivity contribution in [1.29, 1.82) is 0 Å². The van der Waals surface area contributed by atoms with Gasteiger partial charge in [0.2, 0.25) is 0 Å². The minimum absolute atomic E-state index is 0.250. The van der Waals surface area contributed by atoms with E-state index in [1.54, 1.807) is 14.2 Å². The first-order chi connectivity index (χ1) is 9.19. The van der Waals surface area contributed by atoms with Gasteiger partial charge in [0.05, 0.1) is 25.9 Å². The zero-order valence-corrected chi connectivity index (χ0v) is 12.5. The van der Waals surface area contributed by atoms with Crippen molar-refractivity contribution in [1.82, 2.24) is 0 Å². The van der Waals surface area contributed by atoms with E-state index >= 15 is 0 Å². The topological polar surface area (TPSA) is 38.7 Å². The van der Waals surface area contributed by atoms with Crippen LogP contribution in [0, 0.1) is 5.92 Å². The lowest BCUT2D eigenvalue weighted by Gasteiger charge is -2.25. The van der Waals surface area contributed by atoms with Crippen LogP contribution in [-0.2, 0) is 0 Å². The molecule has 0 fully saturated rings. The van der Waals surface area contributed by atoms with Crippen molar-refractivity contribution in [3.63, 3.8) is 0 Å². The van der Waals surface area contributed by atoms with Gasteiger partial charge in [-0.3, -0.25) is 0 Å². The second-order valence-corrected chi connectivity index (χ2v) is 4.86. The maximum Gasteiger partial charge on any atom is 0.128 e. The number of hydrogen-bond donors (Lipinski definition) is 1. The van der Waals surface area contributed by atoms with Crippen LogP contribution >= 0.6 is 0 Å². The highest BCUT2D eigenvalue weighted by molar-refractivity contribution is 5.46. The van der Waals surface area contributed by atoms with Gasteiger partial charge < -0.3 is 14.6 Å². The molecule has 1 N–H and O–H groups in total. The van der Waals surface area contributed by atoms with E-state index in [0.29, 0.717) is 11.5 Å². The maximum absolute atomic E-state index is 10.7. The van der Waals surface area contributed by atoms with Crippen LogP contribution in [0.2, 0.25) is 0 Å². The summed E-state index contributed by atoms with van der Waals surface area (Å²) in [6.07, 6.45) is 3.62. The molecule has 0 radical (unpaired) electrons. The summed E-state index contributed by atoms with van der Waals surface area (Å²) in [5.41, 5.74) is 0.777. The zero-order chi connectivity index (χ0) is 14.3. The Kier molecular flexibility index (Phi) is 6.71. The maximum atomic E-state index is 10.7. The summed E-state index contributed by atoms with van der Waals surface area (Å²) in [6, 6.07) is 5.62. The Morgan fingerprint density at radius 3 is 1.84 bits per heavy atom. The molecule has 0 heterocycles. The standard InChI is InChI=1S/C16H26O3/c1-5-8-12(9-6-2)16(17)15-13(18-3)10-7-11-14(15)19-4/h7,10-12,16-17H,5-6,8-9H2,1-4H3. The SMILES string of the molecule is CCCC(CCC)C(O)c1c(OC)cccc1OC. The van der Waals surface area contributed by atoms with Crippen molar-refractivity contribution in [2.45, 2.75) is 45.6 Å². The molecule has 1 aromatic carbocycles. The van der Waals surface area contributed by atoms with Crippen LogP contribution in [-0.4, -0.2) is 19.3 Å². The average molecular weight is 266 g/mol. The molecule has 0 aliphatic carbocycles. The van der Waals surface area contributed by atoms with E-state index in [-0.39, 0.29) is 5.92 Å². The normalized spacial score (nSPS) is 12.5. The van der Waals surface area contributed by atoms with E-state index in [0.717, 1.165) is 31.2 Å². The van der Waals surface area contributed by atoms with Crippen molar-refractivity contribution in [2.75, 3.05) is 14.2 Å². The average Bonchev–Trinajstić information content (AvgIpc) is 2.45. The molecule has 0 aliphatic rings. The van der Waals surface area contributed by atoms with Gasteiger partial charge in [-0.15, -0.1) is 0 Å². The smallest absolute Gasteiger partial charge is 0.128 e. The lowest BCUT2D eigenvalue weighted by atomic mass is 9.87. The zero-order valence-electron chi connectivity index (χ0n) is 12.5. The van der Waals surface area contributed by atoms with Gasteiger partial charge >= 0.3 is 0 Å². The predicted octanol–water partition coefficient (Wildman–Crippen LogP) is 3.95. The van der Waals surface area contributed by atoms with Gasteiger partial charge in [0.1, 0.15) is 11.5 Å². The highest BCUT2D eigenvalue weighted by atomic mass is 16.5. The van der Waals surface area contributed by atoms with E-state index in [1.165, 1.54) is 0 Å². The number of rotatable bonds is 8. The molecular formula is C16H26O3. The van der Waals surface area contributed by atoms with Crippen LogP contribution in [0.3, 0.4) is 0 Å². The van der Waals surface area contributed by atoms with Crippen molar-refractivity contribution in [3.05, 3.63) is 23.8 Å². The molecular weight excluding hydrogens is 240 g/mol. The molecule has 0 saturated heterocycles. The van der Waals surface area contributed by atoms with Gasteiger partial charge in [-0.25, -0.2) is 0 Å². The Hall–Kier alpha value is -1.22. The minimum atomic E-state index is -0.536. The van der Waals surface area contributed by atoms with Crippen molar-refractivity contribution in [2.24, 2.45) is 5.92 Å². The summed E-state index contributed by atoms with van der Waals surface area (Å²) in [6.45, 7) is 4.30. The van der Waals surface area contributed by atoms with Crippen molar-refractivity contribution < 1.29 is 14.6 Å². The minimum Gasteiger partial charge on any atom is -0.496 e. The highest BCUT2D eigenvalue weighted by Crippen LogP contribution is 2.40. The van der Waals surface area contributed by atoms with Gasteiger partial charge in [0, 0.05) is 0 Å². The monoisotopic (exact) mass is 266 g/mol. The van der Waals surface area contributed by atoms with Gasteiger partial charge in [0.25, 0.3) is 0 Å². The van der Waals surface area contributed by atoms with E-state index < -0.39 is 6.10 Å². The van der Waals surface area contributed by atoms with E-state index in [4.69, 9.17) is 9.47 Å². The molecule has 3 heteroatoms. The highest BCUT2D eigenvalue weighted by Gasteiger charge is 2.25. The molecule has 0 saturated carbocycles. The van der Waals surface area contributed by atoms with Gasteiger partial charge in [-0.2, -0.15) is 0 Å². The fourth-order valence-electron chi connectivity index (χ4n) is 2.61. The first-order valence-corrected chi connectivity index (χ1v) is 7.08. The molecule has 1 aromatic rings. The number of hydrogen-bond acceptors (Lipinski definition) is 3. The summed E-state index contributed by atoms with van der Waals surface area (Å²) in [4.78, 5) is 0. The molecule has 0 aliphatic heterocycles. The number of methoxy groups -OCH3 is 2. The summed E-state index contributed by atoms with van der Waals surface area (Å²) < 4.78 is 10.8. The van der Waals surface area contributed by atoms with Crippen molar-refractivity contribution >= 4 is 0 Å².